The van der Waals surface area contributed by atoms with Crippen molar-refractivity contribution in [3.05, 3.63) is 59.4 Å². The molecule has 2 aromatic rings. The van der Waals surface area contributed by atoms with E-state index in [-0.39, 0.29) is 5.82 Å². The van der Waals surface area contributed by atoms with Gasteiger partial charge in [-0.25, -0.2) is 4.39 Å². The highest BCUT2D eigenvalue weighted by molar-refractivity contribution is 5.53. The van der Waals surface area contributed by atoms with Crippen LogP contribution in [0.15, 0.2) is 42.5 Å². The van der Waals surface area contributed by atoms with E-state index in [2.05, 4.69) is 11.8 Å². The third-order valence-electron chi connectivity index (χ3n) is 3.42. The van der Waals surface area contributed by atoms with Crippen LogP contribution >= 0.6 is 0 Å². The first-order valence-corrected chi connectivity index (χ1v) is 6.95. The van der Waals surface area contributed by atoms with E-state index in [0.29, 0.717) is 6.54 Å². The second-order valence-corrected chi connectivity index (χ2v) is 5.08. The van der Waals surface area contributed by atoms with Crippen molar-refractivity contribution in [1.82, 2.24) is 0 Å². The van der Waals surface area contributed by atoms with Gasteiger partial charge < -0.3 is 10.6 Å². The summed E-state index contributed by atoms with van der Waals surface area (Å²) >= 11 is 0. The standard InChI is InChI=1S/C17H21FN2/c1-3-10-20(17-8-6-16(19)7-9-17)12-14-11-15(18)5-4-13(14)2/h4-9,11H,3,10,12,19H2,1-2H3. The summed E-state index contributed by atoms with van der Waals surface area (Å²) in [6.07, 6.45) is 1.04. The number of aryl methyl sites for hydroxylation is 1. The van der Waals surface area contributed by atoms with E-state index in [1.807, 2.05) is 37.3 Å². The van der Waals surface area contributed by atoms with Gasteiger partial charge in [0, 0.05) is 24.5 Å². The van der Waals surface area contributed by atoms with E-state index < -0.39 is 0 Å². The van der Waals surface area contributed by atoms with E-state index >= 15 is 0 Å². The van der Waals surface area contributed by atoms with E-state index in [1.54, 1.807) is 6.07 Å². The van der Waals surface area contributed by atoms with Crippen molar-refractivity contribution in [2.45, 2.75) is 26.8 Å². The molecule has 2 rings (SSSR count). The second-order valence-electron chi connectivity index (χ2n) is 5.08. The van der Waals surface area contributed by atoms with E-state index in [4.69, 9.17) is 5.73 Å². The zero-order valence-electron chi connectivity index (χ0n) is 12.1. The quantitative estimate of drug-likeness (QED) is 0.829. The summed E-state index contributed by atoms with van der Waals surface area (Å²) in [4.78, 5) is 2.25. The topological polar surface area (TPSA) is 29.3 Å². The molecule has 3 heteroatoms. The highest BCUT2D eigenvalue weighted by atomic mass is 19.1. The number of nitrogens with two attached hydrogens (primary N) is 1. The Kier molecular flexibility index (Phi) is 4.61. The Balaban J connectivity index is 2.25. The van der Waals surface area contributed by atoms with Gasteiger partial charge in [-0.05, 0) is 60.9 Å². The average Bonchev–Trinajstić information content (AvgIpc) is 2.43. The molecule has 0 radical (unpaired) electrons. The fourth-order valence-corrected chi connectivity index (χ4v) is 2.27. The van der Waals surface area contributed by atoms with Gasteiger partial charge in [-0.15, -0.1) is 0 Å². The predicted molar refractivity (Wildman–Crippen MR) is 83.3 cm³/mol. The largest absolute Gasteiger partial charge is 0.399 e. The zero-order chi connectivity index (χ0) is 14.5. The summed E-state index contributed by atoms with van der Waals surface area (Å²) in [7, 11) is 0. The number of hydrogen-bond donors (Lipinski definition) is 1. The molecule has 0 bridgehead atoms. The molecular weight excluding hydrogens is 251 g/mol. The Morgan fingerprint density at radius 1 is 1.10 bits per heavy atom. The minimum Gasteiger partial charge on any atom is -0.399 e. The van der Waals surface area contributed by atoms with Gasteiger partial charge in [0.2, 0.25) is 0 Å². The predicted octanol–water partition coefficient (Wildman–Crippen LogP) is 4.13. The third-order valence-corrected chi connectivity index (χ3v) is 3.42. The lowest BCUT2D eigenvalue weighted by atomic mass is 10.1. The Hall–Kier alpha value is -2.03. The zero-order valence-corrected chi connectivity index (χ0v) is 12.1. The van der Waals surface area contributed by atoms with Crippen LogP contribution in [0.3, 0.4) is 0 Å². The van der Waals surface area contributed by atoms with E-state index in [0.717, 1.165) is 35.5 Å². The SMILES string of the molecule is CCCN(Cc1cc(F)ccc1C)c1ccc(N)cc1. The molecule has 2 aromatic carbocycles. The molecule has 0 heterocycles. The molecule has 20 heavy (non-hydrogen) atoms. The summed E-state index contributed by atoms with van der Waals surface area (Å²) in [6, 6.07) is 12.8. The van der Waals surface area contributed by atoms with Crippen molar-refractivity contribution in [2.75, 3.05) is 17.2 Å². The third kappa shape index (κ3) is 3.50. The lowest BCUT2D eigenvalue weighted by Gasteiger charge is -2.25. The first-order chi connectivity index (χ1) is 9.60. The molecule has 0 saturated heterocycles. The molecule has 2 nitrogen and oxygen atoms in total. The fourth-order valence-electron chi connectivity index (χ4n) is 2.27. The van der Waals surface area contributed by atoms with Gasteiger partial charge in [-0.1, -0.05) is 13.0 Å². The number of nitrogen functional groups attached to an aromatic ring is 1. The van der Waals surface area contributed by atoms with Crippen molar-refractivity contribution in [3.8, 4) is 0 Å². The van der Waals surface area contributed by atoms with Crippen molar-refractivity contribution in [2.24, 2.45) is 0 Å². The molecular formula is C17H21FN2. The Labute approximate surface area is 120 Å². The minimum absolute atomic E-state index is 0.181. The first-order valence-electron chi connectivity index (χ1n) is 6.95. The Morgan fingerprint density at radius 3 is 2.45 bits per heavy atom. The Morgan fingerprint density at radius 2 is 1.80 bits per heavy atom. The van der Waals surface area contributed by atoms with Crippen LogP contribution in [-0.4, -0.2) is 6.54 Å². The second kappa shape index (κ2) is 6.42. The van der Waals surface area contributed by atoms with Crippen molar-refractivity contribution >= 4 is 11.4 Å². The molecule has 0 aliphatic carbocycles. The first kappa shape index (κ1) is 14.4. The number of anilines is 2. The van der Waals surface area contributed by atoms with Gasteiger partial charge in [0.05, 0.1) is 0 Å². The van der Waals surface area contributed by atoms with Crippen LogP contribution < -0.4 is 10.6 Å². The highest BCUT2D eigenvalue weighted by Gasteiger charge is 2.09. The summed E-state index contributed by atoms with van der Waals surface area (Å²) < 4.78 is 13.4. The number of rotatable bonds is 5. The number of benzene rings is 2. The van der Waals surface area contributed by atoms with Gasteiger partial charge in [0.15, 0.2) is 0 Å². The molecule has 0 saturated carbocycles. The Bertz CT molecular complexity index is 564. The van der Waals surface area contributed by atoms with Crippen LogP contribution in [0.4, 0.5) is 15.8 Å². The molecule has 0 atom stereocenters. The minimum atomic E-state index is -0.181. The maximum Gasteiger partial charge on any atom is 0.123 e. The number of nitrogens with zero attached hydrogens (tertiary/aromatic N) is 1. The van der Waals surface area contributed by atoms with E-state index in [1.165, 1.54) is 6.07 Å². The molecule has 0 amide bonds. The van der Waals surface area contributed by atoms with E-state index in [9.17, 15) is 4.39 Å². The van der Waals surface area contributed by atoms with Gasteiger partial charge in [-0.2, -0.15) is 0 Å². The lowest BCUT2D eigenvalue weighted by Crippen LogP contribution is -2.24. The summed E-state index contributed by atoms with van der Waals surface area (Å²) in [6.45, 7) is 5.80. The molecule has 0 spiro atoms. The summed E-state index contributed by atoms with van der Waals surface area (Å²) in [5, 5.41) is 0. The summed E-state index contributed by atoms with van der Waals surface area (Å²) in [5.74, 6) is -0.181. The maximum absolute atomic E-state index is 13.4. The van der Waals surface area contributed by atoms with Gasteiger partial charge in [-0.3, -0.25) is 0 Å². The number of halogens is 1. The monoisotopic (exact) mass is 272 g/mol. The van der Waals surface area contributed by atoms with Crippen LogP contribution in [0.1, 0.15) is 24.5 Å². The van der Waals surface area contributed by atoms with Crippen LogP contribution in [0.25, 0.3) is 0 Å². The smallest absolute Gasteiger partial charge is 0.123 e. The van der Waals surface area contributed by atoms with Crippen LogP contribution in [0, 0.1) is 12.7 Å². The molecule has 2 N–H and O–H groups in total. The van der Waals surface area contributed by atoms with Crippen LogP contribution in [-0.2, 0) is 6.54 Å². The van der Waals surface area contributed by atoms with Gasteiger partial charge in [0.1, 0.15) is 5.82 Å². The normalized spacial score (nSPS) is 10.6. The molecule has 0 aromatic heterocycles. The fraction of sp³-hybridized carbons (Fsp3) is 0.294. The maximum atomic E-state index is 13.4. The molecule has 0 unspecified atom stereocenters. The van der Waals surface area contributed by atoms with Crippen molar-refractivity contribution in [1.29, 1.82) is 0 Å². The molecule has 0 aliphatic rings. The van der Waals surface area contributed by atoms with Crippen molar-refractivity contribution < 1.29 is 4.39 Å². The molecule has 0 fully saturated rings. The highest BCUT2D eigenvalue weighted by Crippen LogP contribution is 2.21. The van der Waals surface area contributed by atoms with Crippen LogP contribution in [0.2, 0.25) is 0 Å². The van der Waals surface area contributed by atoms with Crippen LogP contribution in [0.5, 0.6) is 0 Å². The van der Waals surface area contributed by atoms with Gasteiger partial charge >= 0.3 is 0 Å². The average molecular weight is 272 g/mol. The molecule has 0 aliphatic heterocycles. The molecule has 106 valence electrons. The van der Waals surface area contributed by atoms with Gasteiger partial charge in [0.25, 0.3) is 0 Å². The number of hydrogen-bond acceptors (Lipinski definition) is 2. The van der Waals surface area contributed by atoms with Crippen molar-refractivity contribution in [3.63, 3.8) is 0 Å². The summed E-state index contributed by atoms with van der Waals surface area (Å²) in [5.41, 5.74) is 9.74. The lowest BCUT2D eigenvalue weighted by molar-refractivity contribution is 0.623.